The molecule has 2 atom stereocenters. The molecule has 2 aliphatic heterocycles. The number of hydrogen-bond donors (Lipinski definition) is 2. The molecule has 1 aromatic carbocycles. The van der Waals surface area contributed by atoms with Gasteiger partial charge in [-0.1, -0.05) is 0 Å². The topological polar surface area (TPSA) is 127 Å². The standard InChI is InChI=1S/C19H17F4N5O4S/c1-28-17(24)27-18(6-7-32-16(18)33(28,30)31)12-8-11(3-4-13(12)20)26-15(29)14-5-2-10(9-25-14)19(21,22)23/h2-5,8-9,16H,6-7H2,1H3,(H2,24,27)(H,26,29). The van der Waals surface area contributed by atoms with Gasteiger partial charge in [0.15, 0.2) is 0 Å². The lowest BCUT2D eigenvalue weighted by Gasteiger charge is -2.38. The Morgan fingerprint density at radius 3 is 2.67 bits per heavy atom. The number of anilines is 1. The van der Waals surface area contributed by atoms with Crippen molar-refractivity contribution in [3.05, 3.63) is 59.2 Å². The largest absolute Gasteiger partial charge is 0.417 e. The highest BCUT2D eigenvalue weighted by molar-refractivity contribution is 7.90. The fraction of sp³-hybridized carbons (Fsp3) is 0.316. The molecule has 33 heavy (non-hydrogen) atoms. The van der Waals surface area contributed by atoms with Crippen LogP contribution in [0.25, 0.3) is 0 Å². The number of hydrogen-bond acceptors (Lipinski definition) is 7. The molecule has 1 aromatic heterocycles. The maximum absolute atomic E-state index is 14.9. The number of amides is 1. The third-order valence-electron chi connectivity index (χ3n) is 5.45. The van der Waals surface area contributed by atoms with Gasteiger partial charge in [-0.25, -0.2) is 22.1 Å². The second-order valence-corrected chi connectivity index (χ2v) is 9.44. The molecule has 3 heterocycles. The first-order valence-corrected chi connectivity index (χ1v) is 11.0. The fourth-order valence-corrected chi connectivity index (χ4v) is 5.36. The summed E-state index contributed by atoms with van der Waals surface area (Å²) in [4.78, 5) is 20.2. The van der Waals surface area contributed by atoms with Crippen LogP contribution in [0.4, 0.5) is 23.2 Å². The number of sulfonamides is 1. The summed E-state index contributed by atoms with van der Waals surface area (Å²) in [6.45, 7) is -0.0278. The molecule has 0 bridgehead atoms. The number of carbonyl (C=O) groups is 1. The second kappa shape index (κ2) is 7.66. The van der Waals surface area contributed by atoms with Crippen LogP contribution < -0.4 is 11.1 Å². The number of nitrogens with two attached hydrogens (primary N) is 1. The van der Waals surface area contributed by atoms with Crippen molar-refractivity contribution >= 4 is 27.6 Å². The first kappa shape index (κ1) is 22.9. The third kappa shape index (κ3) is 3.78. The number of benzene rings is 1. The van der Waals surface area contributed by atoms with Crippen molar-refractivity contribution < 1.29 is 35.5 Å². The number of ether oxygens (including phenoxy) is 1. The molecular formula is C19H17F4N5O4S. The Hall–Kier alpha value is -3.26. The molecular weight excluding hydrogens is 470 g/mol. The Bertz CT molecular complexity index is 1250. The van der Waals surface area contributed by atoms with Gasteiger partial charge in [-0.3, -0.25) is 9.78 Å². The van der Waals surface area contributed by atoms with Crippen LogP contribution in [0, 0.1) is 5.82 Å². The van der Waals surface area contributed by atoms with Crippen LogP contribution in [0.1, 0.15) is 28.0 Å². The molecule has 2 aliphatic rings. The highest BCUT2D eigenvalue weighted by Crippen LogP contribution is 2.46. The molecule has 0 saturated carbocycles. The zero-order chi connectivity index (χ0) is 24.2. The first-order chi connectivity index (χ1) is 15.4. The van der Waals surface area contributed by atoms with E-state index < -0.39 is 44.5 Å². The maximum atomic E-state index is 14.9. The number of aromatic nitrogens is 1. The lowest BCUT2D eigenvalue weighted by Crippen LogP contribution is -2.55. The number of fused-ring (bicyclic) bond motifs is 1. The molecule has 0 radical (unpaired) electrons. The maximum Gasteiger partial charge on any atom is 0.417 e. The van der Waals surface area contributed by atoms with Crippen LogP contribution in [-0.2, 0) is 26.5 Å². The van der Waals surface area contributed by atoms with Gasteiger partial charge in [0.05, 0.1) is 12.2 Å². The van der Waals surface area contributed by atoms with E-state index in [2.05, 4.69) is 15.3 Å². The molecule has 1 saturated heterocycles. The number of aliphatic imine (C=N–C) groups is 1. The minimum Gasteiger partial charge on any atom is -0.369 e. The molecule has 3 N–H and O–H groups in total. The normalized spacial score (nSPS) is 24.2. The Morgan fingerprint density at radius 1 is 1.30 bits per heavy atom. The van der Waals surface area contributed by atoms with E-state index in [4.69, 9.17) is 10.5 Å². The second-order valence-electron chi connectivity index (χ2n) is 7.44. The van der Waals surface area contributed by atoms with Gasteiger partial charge >= 0.3 is 6.18 Å². The Balaban J connectivity index is 1.68. The number of guanidine groups is 1. The number of carbonyl (C=O) groups excluding carboxylic acids is 1. The monoisotopic (exact) mass is 487 g/mol. The summed E-state index contributed by atoms with van der Waals surface area (Å²) in [6.07, 6.45) is -4.07. The van der Waals surface area contributed by atoms with Gasteiger partial charge in [-0.15, -0.1) is 0 Å². The van der Waals surface area contributed by atoms with E-state index in [1.54, 1.807) is 0 Å². The number of rotatable bonds is 3. The molecule has 176 valence electrons. The van der Waals surface area contributed by atoms with Crippen molar-refractivity contribution in [2.24, 2.45) is 10.7 Å². The average Bonchev–Trinajstić information content (AvgIpc) is 3.19. The van der Waals surface area contributed by atoms with Crippen molar-refractivity contribution in [1.82, 2.24) is 9.29 Å². The number of alkyl halides is 3. The first-order valence-electron chi connectivity index (χ1n) is 9.45. The van der Waals surface area contributed by atoms with Crippen molar-refractivity contribution in [2.45, 2.75) is 23.6 Å². The lowest BCUT2D eigenvalue weighted by atomic mass is 9.88. The molecule has 2 aromatic rings. The highest BCUT2D eigenvalue weighted by Gasteiger charge is 2.58. The van der Waals surface area contributed by atoms with Gasteiger partial charge < -0.3 is 15.8 Å². The summed E-state index contributed by atoms with van der Waals surface area (Å²) < 4.78 is 84.7. The number of nitrogens with zero attached hydrogens (tertiary/aromatic N) is 3. The SMILES string of the molecule is CN1C(N)=NC2(c3cc(NC(=O)c4ccc(C(F)(F)F)cn4)ccc3F)CCOC2S1(=O)=O. The van der Waals surface area contributed by atoms with Crippen molar-refractivity contribution in [2.75, 3.05) is 19.0 Å². The summed E-state index contributed by atoms with van der Waals surface area (Å²) in [7, 11) is -2.91. The van der Waals surface area contributed by atoms with E-state index in [0.717, 1.165) is 16.4 Å². The predicted molar refractivity (Wildman–Crippen MR) is 108 cm³/mol. The van der Waals surface area contributed by atoms with Gasteiger partial charge in [0.2, 0.25) is 11.4 Å². The minimum atomic E-state index is -4.61. The van der Waals surface area contributed by atoms with E-state index in [9.17, 15) is 30.8 Å². The quantitative estimate of drug-likeness (QED) is 0.638. The van der Waals surface area contributed by atoms with E-state index in [1.807, 2.05) is 0 Å². The van der Waals surface area contributed by atoms with Crippen LogP contribution in [0.3, 0.4) is 0 Å². The minimum absolute atomic E-state index is 0.0141. The van der Waals surface area contributed by atoms with Crippen molar-refractivity contribution in [1.29, 1.82) is 0 Å². The van der Waals surface area contributed by atoms with E-state index in [-0.39, 0.29) is 35.9 Å². The Morgan fingerprint density at radius 2 is 2.03 bits per heavy atom. The van der Waals surface area contributed by atoms with Gasteiger partial charge in [-0.05, 0) is 30.3 Å². The van der Waals surface area contributed by atoms with Gasteiger partial charge in [0.25, 0.3) is 15.9 Å². The lowest BCUT2D eigenvalue weighted by molar-refractivity contribution is -0.137. The Labute approximate surface area is 185 Å². The number of halogens is 4. The van der Waals surface area contributed by atoms with Crippen LogP contribution in [0.15, 0.2) is 41.5 Å². The molecule has 14 heteroatoms. The summed E-state index contributed by atoms with van der Waals surface area (Å²) in [5.74, 6) is -2.00. The molecule has 1 amide bonds. The van der Waals surface area contributed by atoms with Gasteiger partial charge in [-0.2, -0.15) is 13.2 Å². The number of pyridine rings is 1. The van der Waals surface area contributed by atoms with E-state index in [0.29, 0.717) is 12.3 Å². The third-order valence-corrected chi connectivity index (χ3v) is 7.46. The Kier molecular flexibility index (Phi) is 5.32. The zero-order valence-corrected chi connectivity index (χ0v) is 17.7. The molecule has 0 spiro atoms. The van der Waals surface area contributed by atoms with Crippen LogP contribution in [-0.4, -0.2) is 48.7 Å². The molecule has 2 unspecified atom stereocenters. The van der Waals surface area contributed by atoms with Crippen molar-refractivity contribution in [3.63, 3.8) is 0 Å². The van der Waals surface area contributed by atoms with Crippen LogP contribution >= 0.6 is 0 Å². The van der Waals surface area contributed by atoms with Gasteiger partial charge in [0, 0.05) is 30.9 Å². The smallest absolute Gasteiger partial charge is 0.369 e. The van der Waals surface area contributed by atoms with E-state index >= 15 is 0 Å². The average molecular weight is 487 g/mol. The molecule has 0 aliphatic carbocycles. The van der Waals surface area contributed by atoms with E-state index in [1.165, 1.54) is 19.2 Å². The van der Waals surface area contributed by atoms with Crippen molar-refractivity contribution in [3.8, 4) is 0 Å². The molecule has 4 rings (SSSR count). The summed E-state index contributed by atoms with van der Waals surface area (Å²) in [6, 6.07) is 5.01. The number of nitrogens with one attached hydrogen (secondary N) is 1. The van der Waals surface area contributed by atoms with Gasteiger partial charge in [0.1, 0.15) is 17.1 Å². The van der Waals surface area contributed by atoms with Crippen LogP contribution in [0.2, 0.25) is 0 Å². The summed E-state index contributed by atoms with van der Waals surface area (Å²) in [5, 5.41) is 2.41. The highest BCUT2D eigenvalue weighted by atomic mass is 32.2. The predicted octanol–water partition coefficient (Wildman–Crippen LogP) is 2.02. The zero-order valence-electron chi connectivity index (χ0n) is 16.9. The summed E-state index contributed by atoms with van der Waals surface area (Å²) in [5.41, 5.74) is 1.13. The molecule has 1 fully saturated rings. The fourth-order valence-electron chi connectivity index (χ4n) is 3.71. The summed E-state index contributed by atoms with van der Waals surface area (Å²) >= 11 is 0. The molecule has 9 nitrogen and oxygen atoms in total. The van der Waals surface area contributed by atoms with Crippen LogP contribution in [0.5, 0.6) is 0 Å².